The van der Waals surface area contributed by atoms with Crippen molar-refractivity contribution in [1.82, 2.24) is 14.3 Å². The Labute approximate surface area is 125 Å². The van der Waals surface area contributed by atoms with Crippen molar-refractivity contribution in [2.45, 2.75) is 27.2 Å². The highest BCUT2D eigenvalue weighted by Gasteiger charge is 2.13. The van der Waals surface area contributed by atoms with Crippen LogP contribution in [0.4, 0.5) is 5.82 Å². The Morgan fingerprint density at radius 2 is 1.85 bits per heavy atom. The van der Waals surface area contributed by atoms with Crippen LogP contribution >= 0.6 is 11.6 Å². The van der Waals surface area contributed by atoms with Gasteiger partial charge >= 0.3 is 0 Å². The summed E-state index contributed by atoms with van der Waals surface area (Å²) >= 11 is 6.00. The van der Waals surface area contributed by atoms with Crippen LogP contribution in [-0.4, -0.2) is 48.6 Å². The molecule has 0 saturated heterocycles. The van der Waals surface area contributed by atoms with Gasteiger partial charge in [0.15, 0.2) is 11.0 Å². The number of aryl methyl sites for hydroxylation is 2. The minimum absolute atomic E-state index is 0.337. The number of aromatic nitrogens is 2. The van der Waals surface area contributed by atoms with Crippen LogP contribution in [0.5, 0.6) is 0 Å². The summed E-state index contributed by atoms with van der Waals surface area (Å²) in [6, 6.07) is 0. The molecule has 0 aliphatic carbocycles. The lowest BCUT2D eigenvalue weighted by Crippen LogP contribution is -2.31. The van der Waals surface area contributed by atoms with Gasteiger partial charge in [-0.2, -0.15) is 0 Å². The molecule has 0 unspecified atom stereocenters. The fourth-order valence-corrected chi connectivity index (χ4v) is 2.87. The Hall–Kier alpha value is -0.920. The van der Waals surface area contributed by atoms with Gasteiger partial charge in [0.1, 0.15) is 0 Å². The van der Waals surface area contributed by atoms with Crippen LogP contribution in [0.15, 0.2) is 0 Å². The van der Waals surface area contributed by atoms with Gasteiger partial charge in [0, 0.05) is 19.6 Å². The summed E-state index contributed by atoms with van der Waals surface area (Å²) in [6.07, 6.45) is 1.89. The number of rotatable bonds is 7. The van der Waals surface area contributed by atoms with Gasteiger partial charge in [0.25, 0.3) is 0 Å². The molecule has 1 aromatic heterocycles. The van der Waals surface area contributed by atoms with Gasteiger partial charge < -0.3 is 5.32 Å². The van der Waals surface area contributed by atoms with Crippen molar-refractivity contribution in [3.05, 3.63) is 16.5 Å². The lowest BCUT2D eigenvalue weighted by molar-refractivity contribution is 0.428. The average molecular weight is 321 g/mol. The Morgan fingerprint density at radius 3 is 2.40 bits per heavy atom. The normalized spacial score (nSPS) is 11.9. The first-order chi connectivity index (χ1) is 9.25. The van der Waals surface area contributed by atoms with E-state index in [1.165, 1.54) is 10.6 Å². The van der Waals surface area contributed by atoms with E-state index in [9.17, 15) is 8.42 Å². The van der Waals surface area contributed by atoms with Gasteiger partial charge in [-0.05, 0) is 20.3 Å². The second-order valence-corrected chi connectivity index (χ2v) is 6.91. The van der Waals surface area contributed by atoms with E-state index in [2.05, 4.69) is 15.3 Å². The van der Waals surface area contributed by atoms with Crippen molar-refractivity contribution in [3.63, 3.8) is 0 Å². The van der Waals surface area contributed by atoms with Crippen molar-refractivity contribution >= 4 is 27.4 Å². The first-order valence-corrected chi connectivity index (χ1v) is 8.68. The molecule has 0 aromatic carbocycles. The molecule has 20 heavy (non-hydrogen) atoms. The number of hydrogen-bond acceptors (Lipinski definition) is 5. The molecule has 0 spiro atoms. The zero-order valence-electron chi connectivity index (χ0n) is 12.3. The third-order valence-electron chi connectivity index (χ3n) is 2.96. The SMILES string of the molecule is CCN(CCCNc1nc(C)c(C)nc1Cl)S(C)(=O)=O. The van der Waals surface area contributed by atoms with E-state index in [-0.39, 0.29) is 0 Å². The third kappa shape index (κ3) is 4.88. The number of halogens is 1. The van der Waals surface area contributed by atoms with Gasteiger partial charge in [0.2, 0.25) is 10.0 Å². The molecule has 6 nitrogen and oxygen atoms in total. The van der Waals surface area contributed by atoms with Crippen molar-refractivity contribution in [1.29, 1.82) is 0 Å². The highest BCUT2D eigenvalue weighted by molar-refractivity contribution is 7.88. The van der Waals surface area contributed by atoms with E-state index < -0.39 is 10.0 Å². The van der Waals surface area contributed by atoms with E-state index in [0.717, 1.165) is 11.4 Å². The predicted molar refractivity (Wildman–Crippen MR) is 81.7 cm³/mol. The number of sulfonamides is 1. The van der Waals surface area contributed by atoms with Crippen LogP contribution in [0.3, 0.4) is 0 Å². The van der Waals surface area contributed by atoms with Crippen molar-refractivity contribution in [2.24, 2.45) is 0 Å². The van der Waals surface area contributed by atoms with Gasteiger partial charge in [-0.25, -0.2) is 22.7 Å². The largest absolute Gasteiger partial charge is 0.367 e. The van der Waals surface area contributed by atoms with Crippen molar-refractivity contribution in [2.75, 3.05) is 31.2 Å². The van der Waals surface area contributed by atoms with Crippen LogP contribution in [0, 0.1) is 13.8 Å². The van der Waals surface area contributed by atoms with Crippen LogP contribution < -0.4 is 5.32 Å². The molecule has 1 rings (SSSR count). The third-order valence-corrected chi connectivity index (χ3v) is 4.61. The van der Waals surface area contributed by atoms with Gasteiger partial charge in [-0.15, -0.1) is 0 Å². The molecule has 0 fully saturated rings. The maximum Gasteiger partial charge on any atom is 0.211 e. The molecule has 0 aliphatic rings. The number of anilines is 1. The summed E-state index contributed by atoms with van der Waals surface area (Å²) in [4.78, 5) is 8.50. The maximum absolute atomic E-state index is 11.4. The lowest BCUT2D eigenvalue weighted by Gasteiger charge is -2.17. The smallest absolute Gasteiger partial charge is 0.211 e. The van der Waals surface area contributed by atoms with Crippen LogP contribution in [-0.2, 0) is 10.0 Å². The van der Waals surface area contributed by atoms with E-state index in [1.807, 2.05) is 20.8 Å². The van der Waals surface area contributed by atoms with E-state index in [0.29, 0.717) is 37.0 Å². The monoisotopic (exact) mass is 320 g/mol. The Bertz CT molecular complexity index is 563. The molecule has 0 atom stereocenters. The second-order valence-electron chi connectivity index (χ2n) is 4.57. The van der Waals surface area contributed by atoms with E-state index >= 15 is 0 Å². The number of nitrogens with zero attached hydrogens (tertiary/aromatic N) is 3. The number of nitrogens with one attached hydrogen (secondary N) is 1. The Morgan fingerprint density at radius 1 is 1.25 bits per heavy atom. The first-order valence-electron chi connectivity index (χ1n) is 6.45. The molecule has 1 aromatic rings. The summed E-state index contributed by atoms with van der Waals surface area (Å²) in [5.41, 5.74) is 1.62. The molecule has 8 heteroatoms. The Balaban J connectivity index is 2.51. The molecule has 114 valence electrons. The van der Waals surface area contributed by atoms with Gasteiger partial charge in [-0.3, -0.25) is 0 Å². The highest BCUT2D eigenvalue weighted by atomic mass is 35.5. The molecular weight excluding hydrogens is 300 g/mol. The average Bonchev–Trinajstić information content (AvgIpc) is 2.33. The van der Waals surface area contributed by atoms with Crippen LogP contribution in [0.2, 0.25) is 5.15 Å². The fraction of sp³-hybridized carbons (Fsp3) is 0.667. The summed E-state index contributed by atoms with van der Waals surface area (Å²) in [7, 11) is -3.13. The quantitative estimate of drug-likeness (QED) is 0.776. The second kappa shape index (κ2) is 7.19. The topological polar surface area (TPSA) is 75.2 Å². The van der Waals surface area contributed by atoms with Gasteiger partial charge in [0.05, 0.1) is 17.6 Å². The van der Waals surface area contributed by atoms with Crippen molar-refractivity contribution in [3.8, 4) is 0 Å². The minimum Gasteiger partial charge on any atom is -0.367 e. The van der Waals surface area contributed by atoms with E-state index in [4.69, 9.17) is 11.6 Å². The predicted octanol–water partition coefficient (Wildman–Crippen LogP) is 1.83. The molecule has 1 N–H and O–H groups in total. The molecule has 0 amide bonds. The molecule has 0 radical (unpaired) electrons. The molecule has 0 aliphatic heterocycles. The number of hydrogen-bond donors (Lipinski definition) is 1. The zero-order chi connectivity index (χ0) is 15.3. The van der Waals surface area contributed by atoms with E-state index in [1.54, 1.807) is 0 Å². The molecule has 0 saturated carbocycles. The zero-order valence-corrected chi connectivity index (χ0v) is 13.8. The summed E-state index contributed by atoms with van der Waals surface area (Å²) in [6.45, 7) is 7.07. The lowest BCUT2D eigenvalue weighted by atomic mass is 10.3. The van der Waals surface area contributed by atoms with Crippen molar-refractivity contribution < 1.29 is 8.42 Å². The maximum atomic E-state index is 11.4. The van der Waals surface area contributed by atoms with Gasteiger partial charge in [-0.1, -0.05) is 18.5 Å². The summed E-state index contributed by atoms with van der Waals surface area (Å²) in [5, 5.41) is 3.42. The first kappa shape index (κ1) is 17.1. The fourth-order valence-electron chi connectivity index (χ4n) is 1.71. The minimum atomic E-state index is -3.13. The standard InChI is InChI=1S/C12H21ClN4O2S/c1-5-17(20(4,18)19)8-6-7-14-12-11(13)15-9(2)10(3)16-12/h5-8H2,1-4H3,(H,14,16). The highest BCUT2D eigenvalue weighted by Crippen LogP contribution is 2.18. The Kier molecular flexibility index (Phi) is 6.16. The molecule has 1 heterocycles. The molecule has 0 bridgehead atoms. The van der Waals surface area contributed by atoms with Crippen LogP contribution in [0.25, 0.3) is 0 Å². The summed E-state index contributed by atoms with van der Waals surface area (Å²) in [5.74, 6) is 0.539. The molecular formula is C12H21ClN4O2S. The summed E-state index contributed by atoms with van der Waals surface area (Å²) < 4.78 is 24.3. The van der Waals surface area contributed by atoms with Crippen LogP contribution in [0.1, 0.15) is 24.7 Å².